The lowest BCUT2D eigenvalue weighted by Crippen LogP contribution is -1.90. The van der Waals surface area contributed by atoms with E-state index in [0.717, 1.165) is 0 Å². The normalized spacial score (nSPS) is 8.18. The first-order chi connectivity index (χ1) is 5.31. The van der Waals surface area contributed by atoms with Gasteiger partial charge in [-0.2, -0.15) is 0 Å². The van der Waals surface area contributed by atoms with Crippen molar-refractivity contribution in [2.45, 2.75) is 0 Å². The Kier molecular flexibility index (Phi) is 6.16. The van der Waals surface area contributed by atoms with Gasteiger partial charge in [0.2, 0.25) is 5.95 Å². The summed E-state index contributed by atoms with van der Waals surface area (Å²) in [5.41, 5.74) is 5.14. The molecular weight excluding hydrogens is 146 g/mol. The van der Waals surface area contributed by atoms with Crippen molar-refractivity contribution in [3.63, 3.8) is 0 Å². The summed E-state index contributed by atoms with van der Waals surface area (Å²) in [6, 6.07) is 1.72. The highest BCUT2D eigenvalue weighted by atomic mass is 16.3. The maximum absolute atomic E-state index is 7.62. The van der Waals surface area contributed by atoms with E-state index in [1.165, 1.54) is 0 Å². The molecule has 1 heterocycles. The fraction of sp³-hybridized carbons (Fsp3) is 0.333. The summed E-state index contributed by atoms with van der Waals surface area (Å²) in [6.07, 6.45) is 3.20. The summed E-state index contributed by atoms with van der Waals surface area (Å²) in [5, 5.41) is 15.2. The van der Waals surface area contributed by atoms with Crippen LogP contribution >= 0.6 is 0 Å². The molecule has 0 aliphatic heterocycles. The zero-order chi connectivity index (χ0) is 8.53. The lowest BCUT2D eigenvalue weighted by molar-refractivity contribution is 0.186. The summed E-state index contributed by atoms with van der Waals surface area (Å²) in [5.74, 6) is 0.322. The van der Waals surface area contributed by atoms with E-state index in [0.29, 0.717) is 5.95 Å². The van der Waals surface area contributed by atoms with Crippen LogP contribution in [-0.4, -0.2) is 33.4 Å². The molecule has 0 amide bonds. The molecule has 1 aromatic rings. The average Bonchev–Trinajstić information content (AvgIpc) is 2.07. The average molecular weight is 157 g/mol. The van der Waals surface area contributed by atoms with E-state index in [1.807, 2.05) is 0 Å². The number of aliphatic hydroxyl groups excluding tert-OH is 2. The van der Waals surface area contributed by atoms with Crippen molar-refractivity contribution in [2.24, 2.45) is 0 Å². The minimum Gasteiger partial charge on any atom is -0.394 e. The van der Waals surface area contributed by atoms with Gasteiger partial charge < -0.3 is 15.9 Å². The van der Waals surface area contributed by atoms with Crippen LogP contribution in [0.25, 0.3) is 0 Å². The van der Waals surface area contributed by atoms with Crippen LogP contribution in [0.2, 0.25) is 0 Å². The zero-order valence-corrected chi connectivity index (χ0v) is 6.01. The first kappa shape index (κ1) is 9.80. The van der Waals surface area contributed by atoms with Crippen LogP contribution in [0.5, 0.6) is 0 Å². The predicted octanol–water partition coefficient (Wildman–Crippen LogP) is -0.970. The molecule has 1 rings (SSSR count). The number of rotatable bonds is 1. The molecule has 62 valence electrons. The summed E-state index contributed by atoms with van der Waals surface area (Å²) in [6.45, 7) is -0.250. The van der Waals surface area contributed by atoms with Crippen LogP contribution in [0.3, 0.4) is 0 Å². The van der Waals surface area contributed by atoms with E-state index >= 15 is 0 Å². The molecule has 0 saturated heterocycles. The Morgan fingerprint density at radius 1 is 1.18 bits per heavy atom. The van der Waals surface area contributed by atoms with Crippen molar-refractivity contribution in [3.8, 4) is 0 Å². The molecule has 1 aromatic heterocycles. The Morgan fingerprint density at radius 2 is 1.64 bits per heavy atom. The summed E-state index contributed by atoms with van der Waals surface area (Å²) in [4.78, 5) is 7.29. The van der Waals surface area contributed by atoms with Gasteiger partial charge in [0, 0.05) is 12.4 Å². The molecule has 0 aliphatic carbocycles. The minimum absolute atomic E-state index is 0.125. The number of aliphatic hydroxyl groups is 2. The monoisotopic (exact) mass is 157 g/mol. The van der Waals surface area contributed by atoms with Crippen LogP contribution in [0.4, 0.5) is 5.95 Å². The van der Waals surface area contributed by atoms with Crippen LogP contribution in [0.15, 0.2) is 18.5 Å². The second kappa shape index (κ2) is 6.91. The van der Waals surface area contributed by atoms with Gasteiger partial charge in [-0.1, -0.05) is 0 Å². The number of aromatic nitrogens is 2. The lowest BCUT2D eigenvalue weighted by atomic mass is 10.7. The standard InChI is InChI=1S/C4H5N3.C2H6O2/c5-4-6-2-1-3-7-4;3-1-2-4/h1-3H,(H2,5,6,7);3-4H,1-2H2. The van der Waals surface area contributed by atoms with Gasteiger partial charge in [0.25, 0.3) is 0 Å². The molecule has 5 heteroatoms. The van der Waals surface area contributed by atoms with Gasteiger partial charge in [-0.05, 0) is 6.07 Å². The van der Waals surface area contributed by atoms with Gasteiger partial charge in [-0.15, -0.1) is 0 Å². The first-order valence-corrected chi connectivity index (χ1v) is 3.05. The van der Waals surface area contributed by atoms with Gasteiger partial charge in [0.15, 0.2) is 0 Å². The highest BCUT2D eigenvalue weighted by Gasteiger charge is 1.75. The van der Waals surface area contributed by atoms with Gasteiger partial charge in [0.05, 0.1) is 13.2 Å². The molecule has 0 saturated carbocycles. The molecule has 0 fully saturated rings. The third kappa shape index (κ3) is 6.69. The van der Waals surface area contributed by atoms with Crippen molar-refractivity contribution >= 4 is 5.95 Å². The second-order valence-corrected chi connectivity index (χ2v) is 1.55. The van der Waals surface area contributed by atoms with Gasteiger partial charge in [0.1, 0.15) is 0 Å². The highest BCUT2D eigenvalue weighted by Crippen LogP contribution is 1.81. The smallest absolute Gasteiger partial charge is 0.219 e. The maximum Gasteiger partial charge on any atom is 0.219 e. The highest BCUT2D eigenvalue weighted by molar-refractivity contribution is 5.11. The number of hydrogen-bond donors (Lipinski definition) is 3. The lowest BCUT2D eigenvalue weighted by Gasteiger charge is -1.82. The van der Waals surface area contributed by atoms with Crippen LogP contribution < -0.4 is 5.73 Å². The van der Waals surface area contributed by atoms with E-state index in [1.54, 1.807) is 18.5 Å². The Morgan fingerprint density at radius 3 is 1.82 bits per heavy atom. The quantitative estimate of drug-likeness (QED) is 0.487. The van der Waals surface area contributed by atoms with Crippen molar-refractivity contribution in [1.29, 1.82) is 0 Å². The van der Waals surface area contributed by atoms with E-state index in [-0.39, 0.29) is 13.2 Å². The summed E-state index contributed by atoms with van der Waals surface area (Å²) >= 11 is 0. The maximum atomic E-state index is 7.62. The van der Waals surface area contributed by atoms with E-state index in [9.17, 15) is 0 Å². The van der Waals surface area contributed by atoms with Crippen molar-refractivity contribution in [3.05, 3.63) is 18.5 Å². The molecule has 0 bridgehead atoms. The molecule has 0 spiro atoms. The van der Waals surface area contributed by atoms with Crippen molar-refractivity contribution < 1.29 is 10.2 Å². The van der Waals surface area contributed by atoms with Crippen LogP contribution in [0.1, 0.15) is 0 Å². The summed E-state index contributed by atoms with van der Waals surface area (Å²) < 4.78 is 0. The van der Waals surface area contributed by atoms with E-state index in [4.69, 9.17) is 15.9 Å². The fourth-order valence-electron chi connectivity index (χ4n) is 0.311. The van der Waals surface area contributed by atoms with E-state index in [2.05, 4.69) is 9.97 Å². The van der Waals surface area contributed by atoms with Gasteiger partial charge in [-0.25, -0.2) is 9.97 Å². The Hall–Kier alpha value is -1.20. The Balaban J connectivity index is 0.000000218. The SMILES string of the molecule is Nc1ncccn1.OCCO. The minimum atomic E-state index is -0.125. The molecule has 0 unspecified atom stereocenters. The summed E-state index contributed by atoms with van der Waals surface area (Å²) in [7, 11) is 0. The van der Waals surface area contributed by atoms with Crippen LogP contribution in [0, 0.1) is 0 Å². The number of anilines is 1. The Bertz CT molecular complexity index is 167. The molecule has 0 radical (unpaired) electrons. The van der Waals surface area contributed by atoms with E-state index < -0.39 is 0 Å². The fourth-order valence-corrected chi connectivity index (χ4v) is 0.311. The topological polar surface area (TPSA) is 92.3 Å². The number of nitrogens with zero attached hydrogens (tertiary/aromatic N) is 2. The van der Waals surface area contributed by atoms with Crippen LogP contribution in [-0.2, 0) is 0 Å². The molecule has 5 nitrogen and oxygen atoms in total. The third-order valence-electron chi connectivity index (χ3n) is 0.686. The zero-order valence-electron chi connectivity index (χ0n) is 6.01. The number of hydrogen-bond acceptors (Lipinski definition) is 5. The van der Waals surface area contributed by atoms with Gasteiger partial charge in [-0.3, -0.25) is 0 Å². The van der Waals surface area contributed by atoms with Crippen molar-refractivity contribution in [1.82, 2.24) is 9.97 Å². The molecular formula is C6H11N3O2. The molecule has 0 aliphatic rings. The Labute approximate surface area is 64.5 Å². The van der Waals surface area contributed by atoms with Crippen molar-refractivity contribution in [2.75, 3.05) is 18.9 Å². The van der Waals surface area contributed by atoms with Gasteiger partial charge >= 0.3 is 0 Å². The third-order valence-corrected chi connectivity index (χ3v) is 0.686. The largest absolute Gasteiger partial charge is 0.394 e. The molecule has 11 heavy (non-hydrogen) atoms. The molecule has 4 N–H and O–H groups in total. The molecule has 0 atom stereocenters. The number of nitrogen functional groups attached to an aromatic ring is 1. The number of nitrogens with two attached hydrogens (primary N) is 1. The molecule has 0 aromatic carbocycles. The predicted molar refractivity (Wildman–Crippen MR) is 40.6 cm³/mol. The first-order valence-electron chi connectivity index (χ1n) is 3.05. The second-order valence-electron chi connectivity index (χ2n) is 1.55.